The second-order valence-electron chi connectivity index (χ2n) is 6.05. The number of hydrogen-bond acceptors (Lipinski definition) is 4. The largest absolute Gasteiger partial charge is 0.356 e. The van der Waals surface area contributed by atoms with Crippen molar-refractivity contribution in [3.05, 3.63) is 40.7 Å². The molecule has 0 amide bonds. The number of halogens is 2. The Kier molecular flexibility index (Phi) is 4.37. The van der Waals surface area contributed by atoms with Gasteiger partial charge >= 0.3 is 0 Å². The van der Waals surface area contributed by atoms with Gasteiger partial charge in [-0.2, -0.15) is 4.98 Å². The number of anilines is 1. The summed E-state index contributed by atoms with van der Waals surface area (Å²) >= 11 is 7.72. The van der Waals surface area contributed by atoms with Crippen LogP contribution in [0.1, 0.15) is 25.7 Å². The molecule has 0 N–H and O–H groups in total. The van der Waals surface area contributed by atoms with Gasteiger partial charge < -0.3 is 4.90 Å². The SMILES string of the molecule is Fc1ccc(-c2csc3nc(Cl)nc(N4CCCCCC4)c23)cc1. The second-order valence-corrected chi connectivity index (χ2v) is 7.25. The highest BCUT2D eigenvalue weighted by Gasteiger charge is 2.20. The quantitative estimate of drug-likeness (QED) is 0.562. The predicted octanol–water partition coefficient (Wildman–Crippen LogP) is 5.53. The molecule has 1 fully saturated rings. The fourth-order valence-electron chi connectivity index (χ4n) is 3.25. The molecule has 124 valence electrons. The van der Waals surface area contributed by atoms with E-state index in [0.29, 0.717) is 0 Å². The van der Waals surface area contributed by atoms with Crippen molar-refractivity contribution in [2.45, 2.75) is 25.7 Å². The molecule has 0 unspecified atom stereocenters. The minimum absolute atomic E-state index is 0.231. The van der Waals surface area contributed by atoms with Crippen LogP contribution in [0.25, 0.3) is 21.3 Å². The normalized spacial score (nSPS) is 15.7. The molecule has 1 saturated heterocycles. The van der Waals surface area contributed by atoms with E-state index in [-0.39, 0.29) is 11.1 Å². The van der Waals surface area contributed by atoms with Gasteiger partial charge in [0.15, 0.2) is 0 Å². The fourth-order valence-corrected chi connectivity index (χ4v) is 4.41. The minimum atomic E-state index is -0.231. The van der Waals surface area contributed by atoms with E-state index in [2.05, 4.69) is 20.2 Å². The van der Waals surface area contributed by atoms with Crippen LogP contribution in [0.2, 0.25) is 5.28 Å². The first kappa shape index (κ1) is 15.8. The van der Waals surface area contributed by atoms with Crippen LogP contribution in [-0.2, 0) is 0 Å². The molecule has 0 aliphatic carbocycles. The molecule has 0 saturated carbocycles. The lowest BCUT2D eigenvalue weighted by Crippen LogP contribution is -2.25. The summed E-state index contributed by atoms with van der Waals surface area (Å²) in [4.78, 5) is 12.2. The Morgan fingerprint density at radius 2 is 1.71 bits per heavy atom. The second kappa shape index (κ2) is 6.65. The van der Waals surface area contributed by atoms with Gasteiger partial charge in [-0.15, -0.1) is 11.3 Å². The topological polar surface area (TPSA) is 29.0 Å². The Balaban J connectivity index is 1.88. The average molecular weight is 362 g/mol. The molecule has 4 rings (SSSR count). The van der Waals surface area contributed by atoms with Crippen LogP contribution in [0, 0.1) is 5.82 Å². The zero-order chi connectivity index (χ0) is 16.5. The molecule has 0 bridgehead atoms. The van der Waals surface area contributed by atoms with Gasteiger partial charge in [0, 0.05) is 24.0 Å². The summed E-state index contributed by atoms with van der Waals surface area (Å²) in [5, 5.41) is 3.37. The molecule has 3 heterocycles. The summed E-state index contributed by atoms with van der Waals surface area (Å²) in [5.41, 5.74) is 2.02. The molecule has 6 heteroatoms. The van der Waals surface area contributed by atoms with Crippen molar-refractivity contribution in [2.75, 3.05) is 18.0 Å². The van der Waals surface area contributed by atoms with E-state index < -0.39 is 0 Å². The summed E-state index contributed by atoms with van der Waals surface area (Å²) in [6.07, 6.45) is 4.85. The lowest BCUT2D eigenvalue weighted by atomic mass is 10.1. The van der Waals surface area contributed by atoms with Crippen molar-refractivity contribution < 1.29 is 4.39 Å². The van der Waals surface area contributed by atoms with Crippen LogP contribution in [0.15, 0.2) is 29.6 Å². The van der Waals surface area contributed by atoms with Crippen molar-refractivity contribution in [2.24, 2.45) is 0 Å². The fraction of sp³-hybridized carbons (Fsp3) is 0.333. The van der Waals surface area contributed by atoms with Gasteiger partial charge in [-0.1, -0.05) is 25.0 Å². The Morgan fingerprint density at radius 3 is 2.42 bits per heavy atom. The van der Waals surface area contributed by atoms with Crippen LogP contribution in [0.4, 0.5) is 10.2 Å². The summed E-state index contributed by atoms with van der Waals surface area (Å²) in [6, 6.07) is 6.58. The van der Waals surface area contributed by atoms with E-state index in [4.69, 9.17) is 11.6 Å². The van der Waals surface area contributed by atoms with Crippen molar-refractivity contribution >= 4 is 39.0 Å². The first-order valence-corrected chi connectivity index (χ1v) is 9.44. The van der Waals surface area contributed by atoms with Crippen molar-refractivity contribution in [1.29, 1.82) is 0 Å². The van der Waals surface area contributed by atoms with Crippen molar-refractivity contribution in [1.82, 2.24) is 9.97 Å². The van der Waals surface area contributed by atoms with Crippen molar-refractivity contribution in [3.63, 3.8) is 0 Å². The molecule has 24 heavy (non-hydrogen) atoms. The molecule has 1 aliphatic heterocycles. The molecule has 2 aromatic heterocycles. The first-order valence-electron chi connectivity index (χ1n) is 8.18. The van der Waals surface area contributed by atoms with E-state index in [1.165, 1.54) is 37.8 Å². The van der Waals surface area contributed by atoms with Gasteiger partial charge in [0.2, 0.25) is 5.28 Å². The number of fused-ring (bicyclic) bond motifs is 1. The number of rotatable bonds is 2. The molecule has 0 spiro atoms. The smallest absolute Gasteiger partial charge is 0.225 e. The lowest BCUT2D eigenvalue weighted by molar-refractivity contribution is 0.628. The highest BCUT2D eigenvalue weighted by atomic mass is 35.5. The maximum absolute atomic E-state index is 13.3. The van der Waals surface area contributed by atoms with Crippen LogP contribution < -0.4 is 4.90 Å². The average Bonchev–Trinajstić information content (AvgIpc) is 2.81. The Labute approximate surface area is 149 Å². The summed E-state index contributed by atoms with van der Waals surface area (Å²) in [7, 11) is 0. The summed E-state index contributed by atoms with van der Waals surface area (Å²) < 4.78 is 13.3. The monoisotopic (exact) mass is 361 g/mol. The van der Waals surface area contributed by atoms with Crippen LogP contribution >= 0.6 is 22.9 Å². The third-order valence-electron chi connectivity index (χ3n) is 4.45. The van der Waals surface area contributed by atoms with Gasteiger partial charge in [0.25, 0.3) is 0 Å². The number of thiophene rings is 1. The molecule has 3 nitrogen and oxygen atoms in total. The molecular weight excluding hydrogens is 345 g/mol. The standard InChI is InChI=1S/C18H17ClFN3S/c19-18-21-16(23-9-3-1-2-4-10-23)15-14(11-24-17(15)22-18)12-5-7-13(20)8-6-12/h5-8,11H,1-4,9-10H2. The van der Waals surface area contributed by atoms with Crippen molar-refractivity contribution in [3.8, 4) is 11.1 Å². The number of benzene rings is 1. The van der Waals surface area contributed by atoms with E-state index >= 15 is 0 Å². The zero-order valence-electron chi connectivity index (χ0n) is 13.1. The Bertz CT molecular complexity index is 855. The van der Waals surface area contributed by atoms with Crippen LogP contribution in [0.5, 0.6) is 0 Å². The molecular formula is C18H17ClFN3S. The predicted molar refractivity (Wildman–Crippen MR) is 98.5 cm³/mol. The van der Waals surface area contributed by atoms with Crippen LogP contribution in [0.3, 0.4) is 0 Å². The maximum atomic E-state index is 13.3. The summed E-state index contributed by atoms with van der Waals surface area (Å²) in [6.45, 7) is 1.97. The molecule has 1 aromatic carbocycles. The van der Waals surface area contributed by atoms with Gasteiger partial charge in [-0.3, -0.25) is 0 Å². The Morgan fingerprint density at radius 1 is 1.00 bits per heavy atom. The summed E-state index contributed by atoms with van der Waals surface area (Å²) in [5.74, 6) is 0.679. The van der Waals surface area contributed by atoms with Gasteiger partial charge in [0.1, 0.15) is 16.5 Å². The molecule has 1 aliphatic rings. The van der Waals surface area contributed by atoms with E-state index in [0.717, 1.165) is 40.3 Å². The minimum Gasteiger partial charge on any atom is -0.356 e. The number of aromatic nitrogens is 2. The van der Waals surface area contributed by atoms with Gasteiger partial charge in [-0.05, 0) is 42.1 Å². The lowest BCUT2D eigenvalue weighted by Gasteiger charge is -2.22. The third-order valence-corrected chi connectivity index (χ3v) is 5.49. The van der Waals surface area contributed by atoms with E-state index in [9.17, 15) is 4.39 Å². The first-order chi connectivity index (χ1) is 11.7. The van der Waals surface area contributed by atoms with E-state index in [1.54, 1.807) is 23.5 Å². The van der Waals surface area contributed by atoms with Gasteiger partial charge in [-0.25, -0.2) is 9.37 Å². The number of nitrogens with zero attached hydrogens (tertiary/aromatic N) is 3. The molecule has 3 aromatic rings. The molecule has 0 radical (unpaired) electrons. The van der Waals surface area contributed by atoms with E-state index in [1.807, 2.05) is 0 Å². The molecule has 0 atom stereocenters. The highest BCUT2D eigenvalue weighted by molar-refractivity contribution is 7.17. The maximum Gasteiger partial charge on any atom is 0.225 e. The highest BCUT2D eigenvalue weighted by Crippen LogP contribution is 2.39. The Hall–Kier alpha value is -1.72. The van der Waals surface area contributed by atoms with Crippen LogP contribution in [-0.4, -0.2) is 23.1 Å². The third kappa shape index (κ3) is 2.98. The number of hydrogen-bond donors (Lipinski definition) is 0. The van der Waals surface area contributed by atoms with Gasteiger partial charge in [0.05, 0.1) is 5.39 Å². The zero-order valence-corrected chi connectivity index (χ0v) is 14.7.